The molecule has 7 heteroatoms. The summed E-state index contributed by atoms with van der Waals surface area (Å²) in [6.45, 7) is 0. The van der Waals surface area contributed by atoms with Crippen LogP contribution < -0.4 is 33.4 Å². The van der Waals surface area contributed by atoms with Crippen molar-refractivity contribution in [2.24, 2.45) is 7.05 Å². The van der Waals surface area contributed by atoms with Gasteiger partial charge in [-0.15, -0.1) is 0 Å². The maximum atomic E-state index is 12.8. The molecule has 24 heavy (non-hydrogen) atoms. The summed E-state index contributed by atoms with van der Waals surface area (Å²) < 4.78 is 1.09. The first kappa shape index (κ1) is 14.1. The summed E-state index contributed by atoms with van der Waals surface area (Å²) in [5, 5.41) is 8.58. The Balaban J connectivity index is 2.56. The third-order valence-electron chi connectivity index (χ3n) is 4.54. The van der Waals surface area contributed by atoms with E-state index in [4.69, 9.17) is 16.9 Å². The Morgan fingerprint density at radius 1 is 0.833 bits per heavy atom. The van der Waals surface area contributed by atoms with E-state index in [0.29, 0.717) is 0 Å². The Labute approximate surface area is 133 Å². The molecule has 118 valence electrons. The number of nitrogen functional groups attached to an aromatic ring is 2. The molecule has 1 heterocycles. The maximum Gasteiger partial charge on any atom is 0.262 e. The second kappa shape index (κ2) is 4.29. The molecule has 0 saturated heterocycles. The van der Waals surface area contributed by atoms with Crippen LogP contribution in [0.15, 0.2) is 38.6 Å². The zero-order valence-corrected chi connectivity index (χ0v) is 12.6. The zero-order valence-electron chi connectivity index (χ0n) is 12.6. The van der Waals surface area contributed by atoms with Crippen LogP contribution in [-0.2, 0) is 7.05 Å². The van der Waals surface area contributed by atoms with Crippen LogP contribution in [0.5, 0.6) is 0 Å². The van der Waals surface area contributed by atoms with Crippen molar-refractivity contribution in [3.05, 3.63) is 60.6 Å². The van der Waals surface area contributed by atoms with Gasteiger partial charge in [-0.25, -0.2) is 0 Å². The summed E-state index contributed by atoms with van der Waals surface area (Å²) in [5.41, 5.74) is 10.5. The number of hydrogen-bond donors (Lipinski definition) is 3. The Morgan fingerprint density at radius 2 is 1.29 bits per heavy atom. The average molecular weight is 320 g/mol. The van der Waals surface area contributed by atoms with E-state index in [0.717, 1.165) is 4.57 Å². The predicted molar refractivity (Wildman–Crippen MR) is 93.8 cm³/mol. The fourth-order valence-electron chi connectivity index (χ4n) is 3.31. The highest BCUT2D eigenvalue weighted by molar-refractivity contribution is 6.20. The predicted octanol–water partition coefficient (Wildman–Crippen LogP) is 0.0848. The fraction of sp³-hybridized carbons (Fsp3) is 0.0588. The smallest absolute Gasteiger partial charge is 0.262 e. The number of rotatable bonds is 0. The highest BCUT2D eigenvalue weighted by Gasteiger charge is 2.23. The largest absolute Gasteiger partial charge is 0.397 e. The molecule has 4 aromatic rings. The number of nitrogens with zero attached hydrogens (tertiary/aromatic N) is 1. The van der Waals surface area contributed by atoms with Gasteiger partial charge in [0.2, 0.25) is 0 Å². The molecule has 5 N–H and O–H groups in total. The van der Waals surface area contributed by atoms with Gasteiger partial charge in [-0.05, 0) is 0 Å². The van der Waals surface area contributed by atoms with Crippen molar-refractivity contribution < 1.29 is 0 Å². The minimum absolute atomic E-state index is 0.0132. The molecular weight excluding hydrogens is 308 g/mol. The van der Waals surface area contributed by atoms with E-state index in [9.17, 15) is 14.4 Å². The van der Waals surface area contributed by atoms with E-state index in [1.54, 1.807) is 18.2 Å². The summed E-state index contributed by atoms with van der Waals surface area (Å²) >= 11 is 0. The zero-order chi connectivity index (χ0) is 17.3. The molecule has 0 aliphatic rings. The van der Waals surface area contributed by atoms with Gasteiger partial charge in [0, 0.05) is 17.8 Å². The van der Waals surface area contributed by atoms with Crippen LogP contribution in [0.1, 0.15) is 0 Å². The molecule has 0 amide bonds. The fourth-order valence-corrected chi connectivity index (χ4v) is 3.31. The number of nitrogens with two attached hydrogens (primary N) is 2. The molecular formula is C17H12N4O3. The van der Waals surface area contributed by atoms with Gasteiger partial charge >= 0.3 is 0 Å². The second-order valence-electron chi connectivity index (χ2n) is 5.74. The first-order valence-corrected chi connectivity index (χ1v) is 7.16. The summed E-state index contributed by atoms with van der Waals surface area (Å²) in [7, 11) is 1.42. The molecule has 4 rings (SSSR count). The third kappa shape index (κ3) is 1.41. The standard InChI is InChI=1S/C17H12N4O3/c1-21-16(20)10-11(17(21)24)13(19)9-8(12(10)18)14(22)6-4-2-3-5-7(6)15(9)23/h2-5,20H,18-19H2,1H3. The topological polar surface area (TPSA) is 132 Å². The first-order chi connectivity index (χ1) is 11.4. The van der Waals surface area contributed by atoms with Crippen LogP contribution in [0, 0.1) is 5.41 Å². The van der Waals surface area contributed by atoms with Gasteiger partial charge in [0.25, 0.3) is 5.56 Å². The average Bonchev–Trinajstić information content (AvgIpc) is 2.80. The van der Waals surface area contributed by atoms with Crippen molar-refractivity contribution in [3.8, 4) is 0 Å². The van der Waals surface area contributed by atoms with Crippen molar-refractivity contribution in [2.75, 3.05) is 11.5 Å². The lowest BCUT2D eigenvalue weighted by Crippen LogP contribution is -2.21. The monoisotopic (exact) mass is 320 g/mol. The van der Waals surface area contributed by atoms with Crippen molar-refractivity contribution in [2.45, 2.75) is 0 Å². The highest BCUT2D eigenvalue weighted by atomic mass is 16.1. The van der Waals surface area contributed by atoms with Crippen LogP contribution in [0.3, 0.4) is 0 Å². The van der Waals surface area contributed by atoms with Gasteiger partial charge in [-0.1, -0.05) is 24.3 Å². The van der Waals surface area contributed by atoms with Gasteiger partial charge in [-0.3, -0.25) is 24.4 Å². The summed E-state index contributed by atoms with van der Waals surface area (Å²) in [5.74, 6) is 0. The van der Waals surface area contributed by atoms with Crippen LogP contribution in [0.25, 0.3) is 32.3 Å². The SMILES string of the molecule is Cn1c(=N)c2c(N)c3c(=O)c4ccccc4c(=O)c3c(N)c2c1=O. The molecule has 0 spiro atoms. The molecule has 0 unspecified atom stereocenters. The first-order valence-electron chi connectivity index (χ1n) is 7.16. The molecule has 1 aromatic heterocycles. The summed E-state index contributed by atoms with van der Waals surface area (Å²) in [6.07, 6.45) is 0. The van der Waals surface area contributed by atoms with Gasteiger partial charge in [0.05, 0.1) is 32.9 Å². The molecule has 3 aromatic carbocycles. The van der Waals surface area contributed by atoms with E-state index in [1.807, 2.05) is 0 Å². The number of hydrogen-bond acceptors (Lipinski definition) is 6. The van der Waals surface area contributed by atoms with E-state index in [-0.39, 0.29) is 49.2 Å². The van der Waals surface area contributed by atoms with Gasteiger partial charge in [-0.2, -0.15) is 0 Å². The number of aromatic nitrogens is 1. The van der Waals surface area contributed by atoms with E-state index >= 15 is 0 Å². The van der Waals surface area contributed by atoms with Crippen LogP contribution in [0.2, 0.25) is 0 Å². The normalized spacial score (nSPS) is 11.7. The lowest BCUT2D eigenvalue weighted by atomic mass is 9.97. The summed E-state index contributed by atoms with van der Waals surface area (Å²) in [4.78, 5) is 38.0. The van der Waals surface area contributed by atoms with Crippen molar-refractivity contribution in [1.29, 1.82) is 5.41 Å². The lowest BCUT2D eigenvalue weighted by Gasteiger charge is -2.08. The van der Waals surface area contributed by atoms with Gasteiger partial charge in [0.15, 0.2) is 10.9 Å². The van der Waals surface area contributed by atoms with E-state index in [1.165, 1.54) is 13.1 Å². The Bertz CT molecular complexity index is 1300. The molecule has 0 aliphatic carbocycles. The number of anilines is 2. The maximum absolute atomic E-state index is 12.8. The Hall–Kier alpha value is -3.48. The lowest BCUT2D eigenvalue weighted by molar-refractivity contribution is 0.819. The van der Waals surface area contributed by atoms with Crippen LogP contribution in [-0.4, -0.2) is 4.57 Å². The number of fused-ring (bicyclic) bond motifs is 3. The molecule has 0 aliphatic heterocycles. The molecule has 0 radical (unpaired) electrons. The number of benzene rings is 3. The van der Waals surface area contributed by atoms with Crippen LogP contribution in [0.4, 0.5) is 11.4 Å². The Morgan fingerprint density at radius 3 is 1.79 bits per heavy atom. The third-order valence-corrected chi connectivity index (χ3v) is 4.54. The van der Waals surface area contributed by atoms with Crippen molar-refractivity contribution >= 4 is 43.7 Å². The molecule has 0 atom stereocenters. The van der Waals surface area contributed by atoms with E-state index < -0.39 is 16.4 Å². The minimum atomic E-state index is -0.513. The van der Waals surface area contributed by atoms with Crippen LogP contribution >= 0.6 is 0 Å². The Kier molecular flexibility index (Phi) is 2.52. The highest BCUT2D eigenvalue weighted by Crippen LogP contribution is 2.31. The molecule has 7 nitrogen and oxygen atoms in total. The van der Waals surface area contributed by atoms with Gasteiger partial charge < -0.3 is 11.5 Å². The number of nitrogens with one attached hydrogen (secondary N) is 1. The minimum Gasteiger partial charge on any atom is -0.397 e. The van der Waals surface area contributed by atoms with Crippen molar-refractivity contribution in [1.82, 2.24) is 4.57 Å². The quantitative estimate of drug-likeness (QED) is 0.240. The second-order valence-corrected chi connectivity index (χ2v) is 5.74. The summed E-state index contributed by atoms with van der Waals surface area (Å²) in [6, 6.07) is 6.39. The molecule has 0 saturated carbocycles. The molecule has 0 fully saturated rings. The molecule has 0 bridgehead atoms. The van der Waals surface area contributed by atoms with Gasteiger partial charge in [0.1, 0.15) is 5.49 Å². The van der Waals surface area contributed by atoms with E-state index in [2.05, 4.69) is 0 Å². The van der Waals surface area contributed by atoms with Crippen molar-refractivity contribution in [3.63, 3.8) is 0 Å².